The van der Waals surface area contributed by atoms with Crippen LogP contribution >= 0.6 is 0 Å². The Morgan fingerprint density at radius 2 is 2.05 bits per heavy atom. The molecule has 2 amide bonds. The maximum atomic E-state index is 13.4. The molecule has 0 fully saturated rings. The fourth-order valence-electron chi connectivity index (χ4n) is 2.35. The van der Waals surface area contributed by atoms with Gasteiger partial charge in [-0.05, 0) is 38.2 Å². The number of urea groups is 1. The van der Waals surface area contributed by atoms with Crippen molar-refractivity contribution >= 4 is 6.03 Å². The molecule has 0 radical (unpaired) electrons. The van der Waals surface area contributed by atoms with Crippen molar-refractivity contribution in [2.75, 3.05) is 6.54 Å². The Hall–Kier alpha value is -1.84. The van der Waals surface area contributed by atoms with Gasteiger partial charge in [0.05, 0.1) is 0 Å². The normalized spacial score (nSPS) is 14.6. The summed E-state index contributed by atoms with van der Waals surface area (Å²) < 4.78 is 13.4. The predicted molar refractivity (Wildman–Crippen MR) is 77.8 cm³/mol. The second kappa shape index (κ2) is 7.68. The lowest BCUT2D eigenvalue weighted by Crippen LogP contribution is -2.35. The van der Waals surface area contributed by atoms with Gasteiger partial charge < -0.3 is 10.6 Å². The lowest BCUT2D eigenvalue weighted by molar-refractivity contribution is 0.240. The molecule has 0 unspecified atom stereocenters. The van der Waals surface area contributed by atoms with E-state index in [1.807, 2.05) is 0 Å². The number of carbonyl (C=O) groups excluding carboxylic acids is 1. The number of hydrogen-bond acceptors (Lipinski definition) is 1. The molecule has 2 rings (SSSR count). The summed E-state index contributed by atoms with van der Waals surface area (Å²) in [5.74, 6) is -0.292. The summed E-state index contributed by atoms with van der Waals surface area (Å²) in [5, 5.41) is 5.47. The van der Waals surface area contributed by atoms with E-state index >= 15 is 0 Å². The molecule has 0 bridgehead atoms. The summed E-state index contributed by atoms with van der Waals surface area (Å²) in [6.07, 6.45) is 8.04. The Morgan fingerprint density at radius 3 is 2.80 bits per heavy atom. The standard InChI is InChI=1S/C16H21FN2O/c17-15-9-5-4-8-14(15)12-19-16(20)18-11-10-13-6-2-1-3-7-13/h4-6,8-9H,1-3,7,10-12H2,(H2,18,19,20). The van der Waals surface area contributed by atoms with Crippen molar-refractivity contribution in [3.63, 3.8) is 0 Å². The van der Waals surface area contributed by atoms with Crippen LogP contribution in [-0.2, 0) is 6.54 Å². The summed E-state index contributed by atoms with van der Waals surface area (Å²) in [5.41, 5.74) is 1.93. The van der Waals surface area contributed by atoms with Crippen LogP contribution < -0.4 is 10.6 Å². The first-order valence-electron chi connectivity index (χ1n) is 7.19. The number of amides is 2. The molecule has 0 heterocycles. The highest BCUT2D eigenvalue weighted by molar-refractivity contribution is 5.73. The average Bonchev–Trinajstić information content (AvgIpc) is 2.47. The van der Waals surface area contributed by atoms with E-state index in [4.69, 9.17) is 0 Å². The van der Waals surface area contributed by atoms with Gasteiger partial charge in [-0.25, -0.2) is 9.18 Å². The van der Waals surface area contributed by atoms with Gasteiger partial charge in [0, 0.05) is 18.7 Å². The minimum Gasteiger partial charge on any atom is -0.338 e. The van der Waals surface area contributed by atoms with Crippen molar-refractivity contribution in [2.45, 2.75) is 38.6 Å². The van der Waals surface area contributed by atoms with Gasteiger partial charge >= 0.3 is 6.03 Å². The van der Waals surface area contributed by atoms with Gasteiger partial charge in [-0.2, -0.15) is 0 Å². The van der Waals surface area contributed by atoms with Gasteiger partial charge in [0.2, 0.25) is 0 Å². The molecule has 2 N–H and O–H groups in total. The van der Waals surface area contributed by atoms with Crippen molar-refractivity contribution in [1.29, 1.82) is 0 Å². The van der Waals surface area contributed by atoms with E-state index in [2.05, 4.69) is 16.7 Å². The highest BCUT2D eigenvalue weighted by Crippen LogP contribution is 2.19. The number of nitrogens with one attached hydrogen (secondary N) is 2. The molecular weight excluding hydrogens is 255 g/mol. The van der Waals surface area contributed by atoms with E-state index in [1.54, 1.807) is 18.2 Å². The Kier molecular flexibility index (Phi) is 5.59. The van der Waals surface area contributed by atoms with Crippen LogP contribution in [0.5, 0.6) is 0 Å². The monoisotopic (exact) mass is 276 g/mol. The number of benzene rings is 1. The predicted octanol–water partition coefficient (Wildman–Crippen LogP) is 3.52. The molecule has 1 aliphatic rings. The smallest absolute Gasteiger partial charge is 0.315 e. The Bertz CT molecular complexity index is 485. The van der Waals surface area contributed by atoms with Gasteiger partial charge in [-0.15, -0.1) is 0 Å². The van der Waals surface area contributed by atoms with Crippen LogP contribution in [0.4, 0.5) is 9.18 Å². The highest BCUT2D eigenvalue weighted by Gasteiger charge is 2.06. The Labute approximate surface area is 119 Å². The van der Waals surface area contributed by atoms with Crippen molar-refractivity contribution < 1.29 is 9.18 Å². The number of hydrogen-bond donors (Lipinski definition) is 2. The second-order valence-electron chi connectivity index (χ2n) is 5.06. The topological polar surface area (TPSA) is 41.1 Å². The van der Waals surface area contributed by atoms with Gasteiger partial charge in [-0.1, -0.05) is 29.8 Å². The molecule has 0 saturated carbocycles. The van der Waals surface area contributed by atoms with E-state index in [-0.39, 0.29) is 18.4 Å². The number of halogens is 1. The SMILES string of the molecule is O=C(NCCC1=CCCCC1)NCc1ccccc1F. The second-order valence-corrected chi connectivity index (χ2v) is 5.06. The van der Waals surface area contributed by atoms with Crippen LogP contribution in [0, 0.1) is 5.82 Å². The van der Waals surface area contributed by atoms with E-state index < -0.39 is 0 Å². The van der Waals surface area contributed by atoms with E-state index in [9.17, 15) is 9.18 Å². The zero-order valence-corrected chi connectivity index (χ0v) is 11.6. The maximum Gasteiger partial charge on any atom is 0.315 e. The van der Waals surface area contributed by atoms with E-state index in [0.717, 1.165) is 19.3 Å². The number of allylic oxidation sites excluding steroid dienone is 1. The summed E-state index contributed by atoms with van der Waals surface area (Å²) in [6, 6.07) is 6.21. The highest BCUT2D eigenvalue weighted by atomic mass is 19.1. The zero-order valence-electron chi connectivity index (χ0n) is 11.6. The summed E-state index contributed by atoms with van der Waals surface area (Å²) in [7, 11) is 0. The molecule has 0 atom stereocenters. The molecule has 0 saturated heterocycles. The molecule has 1 aromatic carbocycles. The summed E-state index contributed by atoms with van der Waals surface area (Å²) in [4.78, 5) is 11.6. The molecule has 1 aliphatic carbocycles. The lowest BCUT2D eigenvalue weighted by atomic mass is 9.97. The lowest BCUT2D eigenvalue weighted by Gasteiger charge is -2.13. The maximum absolute atomic E-state index is 13.4. The summed E-state index contributed by atoms with van der Waals surface area (Å²) >= 11 is 0. The fraction of sp³-hybridized carbons (Fsp3) is 0.438. The van der Waals surface area contributed by atoms with Crippen molar-refractivity contribution in [2.24, 2.45) is 0 Å². The minimum atomic E-state index is -0.292. The van der Waals surface area contributed by atoms with Gasteiger partial charge in [0.25, 0.3) is 0 Å². The molecule has 0 aromatic heterocycles. The largest absolute Gasteiger partial charge is 0.338 e. The first kappa shape index (κ1) is 14.6. The molecule has 4 heteroatoms. The molecular formula is C16H21FN2O. The quantitative estimate of drug-likeness (QED) is 0.794. The molecule has 0 spiro atoms. The Balaban J connectivity index is 1.65. The van der Waals surface area contributed by atoms with Crippen LogP contribution in [-0.4, -0.2) is 12.6 Å². The average molecular weight is 276 g/mol. The molecule has 0 aliphatic heterocycles. The zero-order chi connectivity index (χ0) is 14.2. The number of rotatable bonds is 5. The van der Waals surface area contributed by atoms with Crippen LogP contribution in [0.25, 0.3) is 0 Å². The van der Waals surface area contributed by atoms with Gasteiger partial charge in [-0.3, -0.25) is 0 Å². The van der Waals surface area contributed by atoms with Crippen LogP contribution in [0.3, 0.4) is 0 Å². The van der Waals surface area contributed by atoms with Crippen molar-refractivity contribution in [3.8, 4) is 0 Å². The van der Waals surface area contributed by atoms with Gasteiger partial charge in [0.1, 0.15) is 5.82 Å². The molecule has 20 heavy (non-hydrogen) atoms. The third-order valence-electron chi connectivity index (χ3n) is 3.51. The molecule has 3 nitrogen and oxygen atoms in total. The van der Waals surface area contributed by atoms with E-state index in [0.29, 0.717) is 12.1 Å². The van der Waals surface area contributed by atoms with Crippen molar-refractivity contribution in [1.82, 2.24) is 10.6 Å². The van der Waals surface area contributed by atoms with Crippen LogP contribution in [0.2, 0.25) is 0 Å². The number of carbonyl (C=O) groups is 1. The summed E-state index contributed by atoms with van der Waals surface area (Å²) in [6.45, 7) is 0.843. The van der Waals surface area contributed by atoms with Crippen LogP contribution in [0.15, 0.2) is 35.9 Å². The fourth-order valence-corrected chi connectivity index (χ4v) is 2.35. The third kappa shape index (κ3) is 4.68. The van der Waals surface area contributed by atoms with E-state index in [1.165, 1.54) is 24.5 Å². The third-order valence-corrected chi connectivity index (χ3v) is 3.51. The van der Waals surface area contributed by atoms with Gasteiger partial charge in [0.15, 0.2) is 0 Å². The van der Waals surface area contributed by atoms with Crippen LogP contribution in [0.1, 0.15) is 37.7 Å². The molecule has 108 valence electrons. The Morgan fingerprint density at radius 1 is 1.20 bits per heavy atom. The van der Waals surface area contributed by atoms with Crippen molar-refractivity contribution in [3.05, 3.63) is 47.3 Å². The minimum absolute atomic E-state index is 0.210. The first-order chi connectivity index (χ1) is 9.75. The molecule has 1 aromatic rings. The first-order valence-corrected chi connectivity index (χ1v) is 7.19.